The molecule has 1 aromatic carbocycles. The van der Waals surface area contributed by atoms with Crippen molar-refractivity contribution in [3.63, 3.8) is 0 Å². The number of allylic oxidation sites excluding steroid dienone is 1. The van der Waals surface area contributed by atoms with Gasteiger partial charge in [0.2, 0.25) is 0 Å². The number of carboxylic acids is 1. The maximum atomic E-state index is 11.3. The molecular weight excluding hydrogens is 260 g/mol. The lowest BCUT2D eigenvalue weighted by Gasteiger charge is -2.04. The summed E-state index contributed by atoms with van der Waals surface area (Å²) in [4.78, 5) is 22.0. The minimum absolute atomic E-state index is 0.0362. The van der Waals surface area contributed by atoms with Crippen LogP contribution in [0.2, 0.25) is 0 Å². The number of hydrogen-bond donors (Lipinski definition) is 1. The number of aromatic carboxylic acids is 1. The molecule has 5 heteroatoms. The Labute approximate surface area is 118 Å². The molecule has 0 saturated carbocycles. The highest BCUT2D eigenvalue weighted by Crippen LogP contribution is 2.09. The summed E-state index contributed by atoms with van der Waals surface area (Å²) in [6.45, 7) is 9.15. The molecule has 2 rings (SSSR count). The number of carbonyl (C=O) groups excluding carboxylic acids is 1. The van der Waals surface area contributed by atoms with Crippen LogP contribution in [0.5, 0.6) is 0 Å². The van der Waals surface area contributed by atoms with Crippen molar-refractivity contribution < 1.29 is 24.2 Å². The summed E-state index contributed by atoms with van der Waals surface area (Å²) in [7, 11) is 0. The fourth-order valence-electron chi connectivity index (χ4n) is 1.06. The largest absolute Gasteiger partial charge is 0.478 e. The molecule has 1 aliphatic heterocycles. The second-order valence-electron chi connectivity index (χ2n) is 3.59. The minimum Gasteiger partial charge on any atom is -0.478 e. The topological polar surface area (TPSA) is 76.1 Å². The van der Waals surface area contributed by atoms with Crippen LogP contribution in [0.4, 0.5) is 0 Å². The molecule has 1 N–H and O–H groups in total. The van der Waals surface area contributed by atoms with E-state index < -0.39 is 11.9 Å². The van der Waals surface area contributed by atoms with E-state index >= 15 is 0 Å². The first-order valence-electron chi connectivity index (χ1n) is 6.22. The smallest absolute Gasteiger partial charge is 0.338 e. The zero-order chi connectivity index (χ0) is 15.4. The van der Waals surface area contributed by atoms with Gasteiger partial charge in [-0.05, 0) is 26.0 Å². The maximum Gasteiger partial charge on any atom is 0.338 e. The first kappa shape index (κ1) is 17.9. The van der Waals surface area contributed by atoms with Gasteiger partial charge in [-0.3, -0.25) is 0 Å². The zero-order valence-electron chi connectivity index (χ0n) is 11.8. The monoisotopic (exact) mass is 280 g/mol. The highest BCUT2D eigenvalue weighted by Gasteiger charge is 2.15. The summed E-state index contributed by atoms with van der Waals surface area (Å²) in [5.74, 6) is -1.74. The van der Waals surface area contributed by atoms with Crippen molar-refractivity contribution in [3.05, 3.63) is 48.0 Å². The number of rotatable bonds is 3. The average Bonchev–Trinajstić information content (AvgIpc) is 3.28. The Hall–Kier alpha value is -2.14. The Morgan fingerprint density at radius 2 is 1.80 bits per heavy atom. The first-order chi connectivity index (χ1) is 9.58. The quantitative estimate of drug-likeness (QED) is 0.523. The molecule has 0 aliphatic carbocycles. The van der Waals surface area contributed by atoms with Crippen LogP contribution < -0.4 is 0 Å². The fraction of sp³-hybridized carbons (Fsp3) is 0.333. The van der Waals surface area contributed by atoms with Crippen LogP contribution in [-0.2, 0) is 9.47 Å². The lowest BCUT2D eigenvalue weighted by Crippen LogP contribution is -2.11. The van der Waals surface area contributed by atoms with Crippen molar-refractivity contribution in [1.29, 1.82) is 0 Å². The van der Waals surface area contributed by atoms with Gasteiger partial charge >= 0.3 is 11.9 Å². The van der Waals surface area contributed by atoms with Crippen LogP contribution >= 0.6 is 0 Å². The molecule has 20 heavy (non-hydrogen) atoms. The van der Waals surface area contributed by atoms with Crippen molar-refractivity contribution >= 4 is 11.9 Å². The van der Waals surface area contributed by atoms with Gasteiger partial charge in [0.1, 0.15) is 0 Å². The van der Waals surface area contributed by atoms with E-state index in [-0.39, 0.29) is 17.7 Å². The predicted octanol–water partition coefficient (Wildman–Crippen LogP) is 2.77. The fourth-order valence-corrected chi connectivity index (χ4v) is 1.06. The summed E-state index contributed by atoms with van der Waals surface area (Å²) in [5.41, 5.74) is 0.0489. The highest BCUT2D eigenvalue weighted by atomic mass is 16.6. The predicted molar refractivity (Wildman–Crippen MR) is 76.0 cm³/mol. The molecule has 1 heterocycles. The third-order valence-electron chi connectivity index (χ3n) is 1.86. The standard InChI is InChI=1S/C10H10O4.C3H6.C2H4O/c1-2-14-10(13)8-6-4-3-5-7(8)9(11)12;1-3-2;1-2-3-1/h3-6H,2H2,1H3,(H,11,12);3H,1H2,2H3;1-2H2. The Morgan fingerprint density at radius 3 is 2.15 bits per heavy atom. The van der Waals surface area contributed by atoms with E-state index in [1.165, 1.54) is 12.1 Å². The second-order valence-corrected chi connectivity index (χ2v) is 3.59. The van der Waals surface area contributed by atoms with E-state index in [2.05, 4.69) is 11.3 Å². The number of hydrogen-bond acceptors (Lipinski definition) is 4. The summed E-state index contributed by atoms with van der Waals surface area (Å²) < 4.78 is 9.22. The Balaban J connectivity index is 0.000000499. The van der Waals surface area contributed by atoms with Crippen LogP contribution in [0.3, 0.4) is 0 Å². The van der Waals surface area contributed by atoms with Crippen LogP contribution in [0.25, 0.3) is 0 Å². The third-order valence-corrected chi connectivity index (χ3v) is 1.86. The summed E-state index contributed by atoms with van der Waals surface area (Å²) >= 11 is 0. The lowest BCUT2D eigenvalue weighted by molar-refractivity contribution is 0.0514. The molecule has 110 valence electrons. The zero-order valence-corrected chi connectivity index (χ0v) is 11.8. The van der Waals surface area contributed by atoms with Gasteiger partial charge in [-0.25, -0.2) is 9.59 Å². The molecule has 1 saturated heterocycles. The molecule has 0 amide bonds. The molecule has 0 bridgehead atoms. The van der Waals surface area contributed by atoms with E-state index in [1.807, 2.05) is 6.92 Å². The van der Waals surface area contributed by atoms with Crippen LogP contribution in [0.1, 0.15) is 34.6 Å². The SMILES string of the molecule is C1CO1.C=CC.CCOC(=O)c1ccccc1C(=O)O. The molecular formula is C15H20O5. The number of epoxide rings is 1. The summed E-state index contributed by atoms with van der Waals surface area (Å²) in [6.07, 6.45) is 1.75. The normalized spacial score (nSPS) is 10.9. The van der Waals surface area contributed by atoms with Gasteiger partial charge in [-0.15, -0.1) is 6.58 Å². The Bertz CT molecular complexity index is 435. The number of ether oxygens (including phenoxy) is 2. The maximum absolute atomic E-state index is 11.3. The number of esters is 1. The van der Waals surface area contributed by atoms with E-state index in [0.717, 1.165) is 13.2 Å². The van der Waals surface area contributed by atoms with Crippen molar-refractivity contribution in [3.8, 4) is 0 Å². The number of benzene rings is 1. The molecule has 0 spiro atoms. The summed E-state index contributed by atoms with van der Waals surface area (Å²) in [5, 5.41) is 8.77. The van der Waals surface area contributed by atoms with E-state index in [1.54, 1.807) is 25.1 Å². The van der Waals surface area contributed by atoms with Gasteiger partial charge in [0, 0.05) is 0 Å². The molecule has 5 nitrogen and oxygen atoms in total. The number of carboxylic acid groups (broad SMARTS) is 1. The minimum atomic E-state index is -1.13. The molecule has 0 radical (unpaired) electrons. The molecule has 1 aromatic rings. The Morgan fingerprint density at radius 1 is 1.35 bits per heavy atom. The molecule has 1 aliphatic rings. The molecule has 0 unspecified atom stereocenters. The Kier molecular flexibility index (Phi) is 9.60. The van der Waals surface area contributed by atoms with Crippen molar-refractivity contribution in [1.82, 2.24) is 0 Å². The lowest BCUT2D eigenvalue weighted by atomic mass is 10.1. The van der Waals surface area contributed by atoms with Crippen molar-refractivity contribution in [2.24, 2.45) is 0 Å². The van der Waals surface area contributed by atoms with E-state index in [0.29, 0.717) is 0 Å². The molecule has 0 atom stereocenters. The van der Waals surface area contributed by atoms with Crippen LogP contribution in [-0.4, -0.2) is 36.9 Å². The molecule has 0 aromatic heterocycles. The highest BCUT2D eigenvalue weighted by molar-refractivity contribution is 6.02. The van der Waals surface area contributed by atoms with Gasteiger partial charge in [-0.1, -0.05) is 18.2 Å². The second kappa shape index (κ2) is 10.8. The van der Waals surface area contributed by atoms with Gasteiger partial charge < -0.3 is 14.6 Å². The van der Waals surface area contributed by atoms with Gasteiger partial charge in [0.25, 0.3) is 0 Å². The first-order valence-corrected chi connectivity index (χ1v) is 6.22. The van der Waals surface area contributed by atoms with Crippen LogP contribution in [0, 0.1) is 0 Å². The number of carbonyl (C=O) groups is 2. The van der Waals surface area contributed by atoms with Crippen molar-refractivity contribution in [2.45, 2.75) is 13.8 Å². The summed E-state index contributed by atoms with van der Waals surface area (Å²) in [6, 6.07) is 5.96. The van der Waals surface area contributed by atoms with Gasteiger partial charge in [0.05, 0.1) is 30.9 Å². The molecule has 1 fully saturated rings. The van der Waals surface area contributed by atoms with E-state index in [4.69, 9.17) is 9.84 Å². The van der Waals surface area contributed by atoms with Crippen LogP contribution in [0.15, 0.2) is 36.9 Å². The average molecular weight is 280 g/mol. The van der Waals surface area contributed by atoms with Gasteiger partial charge in [0.15, 0.2) is 0 Å². The van der Waals surface area contributed by atoms with Gasteiger partial charge in [-0.2, -0.15) is 0 Å². The van der Waals surface area contributed by atoms with E-state index in [9.17, 15) is 9.59 Å². The third kappa shape index (κ3) is 8.05. The van der Waals surface area contributed by atoms with Crippen molar-refractivity contribution in [2.75, 3.05) is 19.8 Å².